The van der Waals surface area contributed by atoms with E-state index in [1.54, 1.807) is 14.2 Å². The van der Waals surface area contributed by atoms with E-state index < -0.39 is 0 Å². The van der Waals surface area contributed by atoms with Crippen molar-refractivity contribution in [3.8, 4) is 11.5 Å². The molecule has 3 nitrogen and oxygen atoms in total. The molecule has 110 valence electrons. The van der Waals surface area contributed by atoms with Crippen LogP contribution in [0.5, 0.6) is 11.5 Å². The second kappa shape index (κ2) is 4.66. The highest BCUT2D eigenvalue weighted by Crippen LogP contribution is 2.60. The first kappa shape index (κ1) is 13.7. The molecule has 2 bridgehead atoms. The largest absolute Gasteiger partial charge is 0.496 e. The molecule has 3 heteroatoms. The summed E-state index contributed by atoms with van der Waals surface area (Å²) in [5.74, 6) is 3.19. The van der Waals surface area contributed by atoms with Crippen LogP contribution in [0.15, 0.2) is 6.07 Å². The van der Waals surface area contributed by atoms with Crippen LogP contribution in [-0.2, 0) is 5.41 Å². The number of methoxy groups -OCH3 is 2. The Bertz CT molecular complexity index is 534. The summed E-state index contributed by atoms with van der Waals surface area (Å²) in [5.41, 5.74) is 3.44. The van der Waals surface area contributed by atoms with Crippen LogP contribution in [0.3, 0.4) is 0 Å². The van der Waals surface area contributed by atoms with Gasteiger partial charge in [-0.2, -0.15) is 0 Å². The van der Waals surface area contributed by atoms with E-state index in [-0.39, 0.29) is 12.0 Å². The van der Waals surface area contributed by atoms with E-state index in [2.05, 4.69) is 6.07 Å². The lowest BCUT2D eigenvalue weighted by Gasteiger charge is -2.30. The van der Waals surface area contributed by atoms with Crippen LogP contribution in [0.1, 0.15) is 61.6 Å². The predicted molar refractivity (Wildman–Crippen MR) is 79.0 cm³/mol. The maximum absolute atomic E-state index is 9.72. The maximum Gasteiger partial charge on any atom is 0.126 e. The molecule has 0 spiro atoms. The summed E-state index contributed by atoms with van der Waals surface area (Å²) in [6.45, 7) is 4.19. The Balaban J connectivity index is 2.26. The number of ether oxygens (including phenoxy) is 2. The lowest BCUT2D eigenvalue weighted by molar-refractivity contribution is 0.214. The van der Waals surface area contributed by atoms with E-state index >= 15 is 0 Å². The molecule has 0 amide bonds. The fourth-order valence-electron chi connectivity index (χ4n) is 3.98. The maximum atomic E-state index is 9.72. The van der Waals surface area contributed by atoms with E-state index in [1.165, 1.54) is 30.4 Å². The van der Waals surface area contributed by atoms with Crippen molar-refractivity contribution >= 4 is 0 Å². The van der Waals surface area contributed by atoms with Gasteiger partial charge >= 0.3 is 0 Å². The molecule has 1 aromatic carbocycles. The molecule has 3 rings (SSSR count). The van der Waals surface area contributed by atoms with Gasteiger partial charge < -0.3 is 14.6 Å². The average molecular weight is 276 g/mol. The van der Waals surface area contributed by atoms with Gasteiger partial charge in [0.25, 0.3) is 0 Å². The van der Waals surface area contributed by atoms with E-state index in [1.807, 2.05) is 13.8 Å². The highest BCUT2D eigenvalue weighted by Gasteiger charge is 2.43. The SMILES string of the molecule is COc1cc(C(C)(C)CO)c(OC)c2c1C1CCC2C1. The van der Waals surface area contributed by atoms with Crippen molar-refractivity contribution in [1.29, 1.82) is 0 Å². The number of benzene rings is 1. The van der Waals surface area contributed by atoms with Crippen molar-refractivity contribution < 1.29 is 14.6 Å². The van der Waals surface area contributed by atoms with Crippen molar-refractivity contribution in [2.24, 2.45) is 0 Å². The molecule has 2 aliphatic rings. The molecule has 0 radical (unpaired) electrons. The van der Waals surface area contributed by atoms with Gasteiger partial charge in [0.1, 0.15) is 11.5 Å². The third-order valence-electron chi connectivity index (χ3n) is 5.12. The molecule has 0 aliphatic heterocycles. The number of aliphatic hydroxyl groups excluding tert-OH is 1. The Morgan fingerprint density at radius 2 is 1.80 bits per heavy atom. The first-order valence-electron chi connectivity index (χ1n) is 7.43. The van der Waals surface area contributed by atoms with Gasteiger partial charge in [0.2, 0.25) is 0 Å². The van der Waals surface area contributed by atoms with Gasteiger partial charge in [0.15, 0.2) is 0 Å². The second-order valence-electron chi connectivity index (χ2n) is 6.74. The molecule has 1 N–H and O–H groups in total. The van der Waals surface area contributed by atoms with E-state index in [0.29, 0.717) is 11.8 Å². The van der Waals surface area contributed by atoms with Gasteiger partial charge in [-0.1, -0.05) is 13.8 Å². The molecule has 0 saturated heterocycles. The Morgan fingerprint density at radius 3 is 2.35 bits per heavy atom. The summed E-state index contributed by atoms with van der Waals surface area (Å²) >= 11 is 0. The van der Waals surface area contributed by atoms with Crippen molar-refractivity contribution in [2.75, 3.05) is 20.8 Å². The summed E-state index contributed by atoms with van der Waals surface area (Å²) in [4.78, 5) is 0. The summed E-state index contributed by atoms with van der Waals surface area (Å²) in [5, 5.41) is 9.72. The van der Waals surface area contributed by atoms with E-state index in [0.717, 1.165) is 17.1 Å². The Kier molecular flexibility index (Phi) is 3.20. The number of aliphatic hydroxyl groups is 1. The minimum absolute atomic E-state index is 0.0966. The molecule has 2 unspecified atom stereocenters. The van der Waals surface area contributed by atoms with Crippen molar-refractivity contribution in [3.63, 3.8) is 0 Å². The fourth-order valence-corrected chi connectivity index (χ4v) is 3.98. The first-order chi connectivity index (χ1) is 9.53. The molecule has 0 aromatic heterocycles. The van der Waals surface area contributed by atoms with Gasteiger partial charge in [-0.15, -0.1) is 0 Å². The van der Waals surface area contributed by atoms with Crippen LogP contribution >= 0.6 is 0 Å². The highest BCUT2D eigenvalue weighted by molar-refractivity contribution is 5.62. The number of hydrogen-bond acceptors (Lipinski definition) is 3. The van der Waals surface area contributed by atoms with Crippen LogP contribution in [0, 0.1) is 0 Å². The Labute approximate surface area is 120 Å². The van der Waals surface area contributed by atoms with Gasteiger partial charge in [0.05, 0.1) is 20.8 Å². The van der Waals surface area contributed by atoms with E-state index in [4.69, 9.17) is 9.47 Å². The third-order valence-corrected chi connectivity index (χ3v) is 5.12. The van der Waals surface area contributed by atoms with E-state index in [9.17, 15) is 5.11 Å². The first-order valence-corrected chi connectivity index (χ1v) is 7.43. The molecule has 0 heterocycles. The standard InChI is InChI=1S/C17H24O3/c1-17(2,9-18)12-8-13(19-3)14-10-5-6-11(7-10)15(14)16(12)20-4/h8,10-11,18H,5-7,9H2,1-4H3. The summed E-state index contributed by atoms with van der Waals surface area (Å²) in [7, 11) is 3.48. The summed E-state index contributed by atoms with van der Waals surface area (Å²) < 4.78 is 11.4. The van der Waals surface area contributed by atoms with Crippen LogP contribution in [-0.4, -0.2) is 25.9 Å². The monoisotopic (exact) mass is 276 g/mol. The van der Waals surface area contributed by atoms with Crippen LogP contribution in [0.4, 0.5) is 0 Å². The lowest BCUT2D eigenvalue weighted by atomic mass is 9.79. The lowest BCUT2D eigenvalue weighted by Crippen LogP contribution is -2.24. The third kappa shape index (κ3) is 1.76. The number of hydrogen-bond donors (Lipinski definition) is 1. The minimum atomic E-state index is -0.324. The smallest absolute Gasteiger partial charge is 0.126 e. The predicted octanol–water partition coefficient (Wildman–Crippen LogP) is 3.34. The van der Waals surface area contributed by atoms with Gasteiger partial charge in [0, 0.05) is 22.1 Å². The molecule has 1 saturated carbocycles. The number of rotatable bonds is 4. The molecule has 1 fully saturated rings. The normalized spacial score (nSPS) is 23.9. The zero-order valence-corrected chi connectivity index (χ0v) is 12.8. The fraction of sp³-hybridized carbons (Fsp3) is 0.647. The summed E-state index contributed by atoms with van der Waals surface area (Å²) in [6.07, 6.45) is 3.74. The van der Waals surface area contributed by atoms with Gasteiger partial charge in [-0.25, -0.2) is 0 Å². The van der Waals surface area contributed by atoms with Gasteiger partial charge in [-0.05, 0) is 37.2 Å². The topological polar surface area (TPSA) is 38.7 Å². The van der Waals surface area contributed by atoms with Crippen LogP contribution < -0.4 is 9.47 Å². The Morgan fingerprint density at radius 1 is 1.15 bits per heavy atom. The minimum Gasteiger partial charge on any atom is -0.496 e. The van der Waals surface area contributed by atoms with Gasteiger partial charge in [-0.3, -0.25) is 0 Å². The van der Waals surface area contributed by atoms with Crippen molar-refractivity contribution in [1.82, 2.24) is 0 Å². The Hall–Kier alpha value is -1.22. The molecular weight excluding hydrogens is 252 g/mol. The van der Waals surface area contributed by atoms with Crippen molar-refractivity contribution in [2.45, 2.75) is 50.4 Å². The van der Waals surface area contributed by atoms with Crippen LogP contribution in [0.25, 0.3) is 0 Å². The zero-order chi connectivity index (χ0) is 14.5. The quantitative estimate of drug-likeness (QED) is 0.916. The molecule has 1 aromatic rings. The molecule has 2 aliphatic carbocycles. The zero-order valence-electron chi connectivity index (χ0n) is 12.8. The highest BCUT2D eigenvalue weighted by atomic mass is 16.5. The molecular formula is C17H24O3. The summed E-state index contributed by atoms with van der Waals surface area (Å²) in [6, 6.07) is 2.08. The average Bonchev–Trinajstić information content (AvgIpc) is 3.07. The number of fused-ring (bicyclic) bond motifs is 5. The molecule has 2 atom stereocenters. The second-order valence-corrected chi connectivity index (χ2v) is 6.74. The van der Waals surface area contributed by atoms with Crippen molar-refractivity contribution in [3.05, 3.63) is 22.8 Å². The van der Waals surface area contributed by atoms with Crippen LogP contribution in [0.2, 0.25) is 0 Å². The molecule has 20 heavy (non-hydrogen) atoms.